The zero-order valence-corrected chi connectivity index (χ0v) is 16.1. The third-order valence-electron chi connectivity index (χ3n) is 4.90. The van der Waals surface area contributed by atoms with Crippen molar-refractivity contribution in [1.82, 2.24) is 15.1 Å². The number of nitrogens with zero attached hydrogens (tertiary/aromatic N) is 3. The Labute approximate surface area is 162 Å². The Bertz CT molecular complexity index is 1090. The first-order valence-electron chi connectivity index (χ1n) is 8.90. The summed E-state index contributed by atoms with van der Waals surface area (Å²) in [5.41, 5.74) is 2.02. The van der Waals surface area contributed by atoms with Crippen LogP contribution in [0.5, 0.6) is 0 Å². The SMILES string of the molecule is CN(C(=O)c1ccc(-c2nnc(-c3ccccc3)o2)cc1)[C@H]1CCS(=O)(=O)C1. The minimum atomic E-state index is -3.04. The summed E-state index contributed by atoms with van der Waals surface area (Å²) in [6.45, 7) is 0. The maximum Gasteiger partial charge on any atom is 0.253 e. The number of hydrogen-bond acceptors (Lipinski definition) is 6. The molecule has 0 radical (unpaired) electrons. The number of aromatic nitrogens is 2. The summed E-state index contributed by atoms with van der Waals surface area (Å²) in [4.78, 5) is 14.2. The van der Waals surface area contributed by atoms with Crippen LogP contribution in [0, 0.1) is 0 Å². The summed E-state index contributed by atoms with van der Waals surface area (Å²) >= 11 is 0. The molecule has 0 N–H and O–H groups in total. The van der Waals surface area contributed by atoms with Gasteiger partial charge in [0.25, 0.3) is 5.91 Å². The van der Waals surface area contributed by atoms with Gasteiger partial charge in [0, 0.05) is 29.8 Å². The summed E-state index contributed by atoms with van der Waals surface area (Å²) < 4.78 is 29.0. The molecule has 2 aromatic carbocycles. The van der Waals surface area contributed by atoms with Gasteiger partial charge >= 0.3 is 0 Å². The van der Waals surface area contributed by atoms with Gasteiger partial charge in [0.1, 0.15) is 0 Å². The van der Waals surface area contributed by atoms with Gasteiger partial charge in [-0.15, -0.1) is 10.2 Å². The Balaban J connectivity index is 1.50. The smallest absolute Gasteiger partial charge is 0.253 e. The molecule has 1 amide bonds. The molecule has 3 aromatic rings. The fourth-order valence-corrected chi connectivity index (χ4v) is 5.02. The van der Waals surface area contributed by atoms with Crippen molar-refractivity contribution in [2.45, 2.75) is 12.5 Å². The molecule has 1 saturated heterocycles. The first kappa shape index (κ1) is 18.4. The molecule has 0 unspecified atom stereocenters. The molecule has 0 bridgehead atoms. The van der Waals surface area contributed by atoms with Gasteiger partial charge in [-0.1, -0.05) is 18.2 Å². The zero-order chi connectivity index (χ0) is 19.7. The van der Waals surface area contributed by atoms with Crippen LogP contribution in [0.25, 0.3) is 22.9 Å². The van der Waals surface area contributed by atoms with Crippen molar-refractivity contribution >= 4 is 15.7 Å². The van der Waals surface area contributed by atoms with Crippen LogP contribution in [-0.4, -0.2) is 54.0 Å². The molecule has 0 spiro atoms. The topological polar surface area (TPSA) is 93.4 Å². The lowest BCUT2D eigenvalue weighted by Crippen LogP contribution is -2.37. The third kappa shape index (κ3) is 3.68. The number of hydrogen-bond donors (Lipinski definition) is 0. The highest BCUT2D eigenvalue weighted by Crippen LogP contribution is 2.25. The van der Waals surface area contributed by atoms with Gasteiger partial charge in [-0.2, -0.15) is 0 Å². The number of sulfone groups is 1. The molecule has 1 aliphatic rings. The first-order chi connectivity index (χ1) is 13.4. The molecular formula is C20H19N3O4S. The Morgan fingerprint density at radius 1 is 1.00 bits per heavy atom. The molecule has 0 aliphatic carbocycles. The Hall–Kier alpha value is -3.00. The number of carbonyl (C=O) groups is 1. The largest absolute Gasteiger partial charge is 0.416 e. The summed E-state index contributed by atoms with van der Waals surface area (Å²) in [6, 6.07) is 16.1. The van der Waals surface area contributed by atoms with Gasteiger partial charge in [-0.05, 0) is 42.8 Å². The normalized spacial score (nSPS) is 18.1. The molecule has 8 heteroatoms. The van der Waals surface area contributed by atoms with E-state index >= 15 is 0 Å². The highest BCUT2D eigenvalue weighted by atomic mass is 32.2. The number of carbonyl (C=O) groups excluding carboxylic acids is 1. The van der Waals surface area contributed by atoms with Crippen molar-refractivity contribution in [3.8, 4) is 22.9 Å². The molecule has 1 aromatic heterocycles. The van der Waals surface area contributed by atoms with E-state index in [-0.39, 0.29) is 23.5 Å². The summed E-state index contributed by atoms with van der Waals surface area (Å²) in [5.74, 6) is 0.752. The molecule has 1 atom stereocenters. The molecule has 144 valence electrons. The number of benzene rings is 2. The summed E-state index contributed by atoms with van der Waals surface area (Å²) in [7, 11) is -1.40. The summed E-state index contributed by atoms with van der Waals surface area (Å²) in [6.07, 6.45) is 0.479. The summed E-state index contributed by atoms with van der Waals surface area (Å²) in [5, 5.41) is 8.14. The van der Waals surface area contributed by atoms with Gasteiger partial charge < -0.3 is 9.32 Å². The predicted molar refractivity (Wildman–Crippen MR) is 104 cm³/mol. The fraction of sp³-hybridized carbons (Fsp3) is 0.250. The van der Waals surface area contributed by atoms with Gasteiger partial charge in [-0.3, -0.25) is 4.79 Å². The van der Waals surface area contributed by atoms with Gasteiger partial charge in [0.15, 0.2) is 9.84 Å². The van der Waals surface area contributed by atoms with Gasteiger partial charge in [-0.25, -0.2) is 8.42 Å². The molecule has 28 heavy (non-hydrogen) atoms. The second-order valence-corrected chi connectivity index (χ2v) is 9.06. The lowest BCUT2D eigenvalue weighted by molar-refractivity contribution is 0.0747. The molecule has 4 rings (SSSR count). The maximum atomic E-state index is 12.7. The molecule has 7 nitrogen and oxygen atoms in total. The monoisotopic (exact) mass is 397 g/mol. The van der Waals surface area contributed by atoms with Gasteiger partial charge in [0.05, 0.1) is 11.5 Å². The minimum absolute atomic E-state index is 0.0254. The maximum absolute atomic E-state index is 12.7. The van der Waals surface area contributed by atoms with E-state index in [9.17, 15) is 13.2 Å². The second kappa shape index (κ2) is 7.20. The second-order valence-electron chi connectivity index (χ2n) is 6.83. The average Bonchev–Trinajstić information content (AvgIpc) is 3.34. The standard InChI is InChI=1S/C20H19N3O4S/c1-23(17-11-12-28(25,26)13-17)20(24)16-9-7-15(8-10-16)19-22-21-18(27-19)14-5-3-2-4-6-14/h2-10,17H,11-13H2,1H3/t17-/m0/s1. The van der Waals surface area contributed by atoms with Crippen LogP contribution in [0.3, 0.4) is 0 Å². The van der Waals surface area contributed by atoms with E-state index in [0.717, 1.165) is 5.56 Å². The molecule has 1 aliphatic heterocycles. The number of amides is 1. The van der Waals surface area contributed by atoms with E-state index in [1.807, 2.05) is 30.3 Å². The lowest BCUT2D eigenvalue weighted by atomic mass is 10.1. The Morgan fingerprint density at radius 2 is 1.61 bits per heavy atom. The van der Waals surface area contributed by atoms with Crippen LogP contribution in [0.4, 0.5) is 0 Å². The van der Waals surface area contributed by atoms with Crippen LogP contribution in [0.1, 0.15) is 16.8 Å². The van der Waals surface area contributed by atoms with Crippen molar-refractivity contribution in [2.24, 2.45) is 0 Å². The van der Waals surface area contributed by atoms with Crippen molar-refractivity contribution in [2.75, 3.05) is 18.6 Å². The van der Waals surface area contributed by atoms with E-state index in [1.54, 1.807) is 31.3 Å². The molecule has 0 saturated carbocycles. The van der Waals surface area contributed by atoms with Crippen LogP contribution in [0.15, 0.2) is 59.0 Å². The van der Waals surface area contributed by atoms with Crippen molar-refractivity contribution in [3.63, 3.8) is 0 Å². The van der Waals surface area contributed by atoms with Crippen molar-refractivity contribution < 1.29 is 17.6 Å². The van der Waals surface area contributed by atoms with Crippen LogP contribution in [-0.2, 0) is 9.84 Å². The van der Waals surface area contributed by atoms with Crippen molar-refractivity contribution in [3.05, 3.63) is 60.2 Å². The Kier molecular flexibility index (Phi) is 4.72. The molecule has 2 heterocycles. The predicted octanol–water partition coefficient (Wildman–Crippen LogP) is 2.66. The Morgan fingerprint density at radius 3 is 2.18 bits per heavy atom. The number of rotatable bonds is 4. The first-order valence-corrected chi connectivity index (χ1v) is 10.7. The zero-order valence-electron chi connectivity index (χ0n) is 15.3. The third-order valence-corrected chi connectivity index (χ3v) is 6.65. The minimum Gasteiger partial charge on any atom is -0.416 e. The van der Waals surface area contributed by atoms with Crippen molar-refractivity contribution in [1.29, 1.82) is 0 Å². The highest BCUT2D eigenvalue weighted by Gasteiger charge is 2.33. The lowest BCUT2D eigenvalue weighted by Gasteiger charge is -2.23. The van der Waals surface area contributed by atoms with Crippen LogP contribution in [0.2, 0.25) is 0 Å². The highest BCUT2D eigenvalue weighted by molar-refractivity contribution is 7.91. The van der Waals surface area contributed by atoms with E-state index in [4.69, 9.17) is 4.42 Å². The van der Waals surface area contributed by atoms with Crippen LogP contribution < -0.4 is 0 Å². The quantitative estimate of drug-likeness (QED) is 0.672. The average molecular weight is 397 g/mol. The van der Waals surface area contributed by atoms with Gasteiger partial charge in [0.2, 0.25) is 11.8 Å². The van der Waals surface area contributed by atoms with E-state index in [1.165, 1.54) is 4.90 Å². The fourth-order valence-electron chi connectivity index (χ4n) is 3.24. The van der Waals surface area contributed by atoms with E-state index < -0.39 is 9.84 Å². The molecule has 1 fully saturated rings. The van der Waals surface area contributed by atoms with E-state index in [2.05, 4.69) is 10.2 Å². The van der Waals surface area contributed by atoms with Crippen LogP contribution >= 0.6 is 0 Å². The molecular weight excluding hydrogens is 378 g/mol. The van der Waals surface area contributed by atoms with E-state index in [0.29, 0.717) is 29.3 Å².